The van der Waals surface area contributed by atoms with Gasteiger partial charge in [0.15, 0.2) is 6.61 Å². The van der Waals surface area contributed by atoms with E-state index in [0.29, 0.717) is 17.3 Å². The van der Waals surface area contributed by atoms with Gasteiger partial charge in [-0.25, -0.2) is 0 Å². The molecule has 2 amide bonds. The van der Waals surface area contributed by atoms with Gasteiger partial charge in [-0.2, -0.15) is 0 Å². The van der Waals surface area contributed by atoms with E-state index in [9.17, 15) is 14.4 Å². The van der Waals surface area contributed by atoms with Crippen molar-refractivity contribution in [3.63, 3.8) is 0 Å². The molecule has 1 aliphatic carbocycles. The van der Waals surface area contributed by atoms with Crippen molar-refractivity contribution in [2.45, 2.75) is 51.5 Å². The summed E-state index contributed by atoms with van der Waals surface area (Å²) in [4.78, 5) is 38.5. The highest BCUT2D eigenvalue weighted by Gasteiger charge is 2.39. The van der Waals surface area contributed by atoms with Crippen molar-refractivity contribution in [2.75, 3.05) is 18.5 Å². The molecule has 0 bridgehead atoms. The maximum Gasteiger partial charge on any atom is 0.311 e. The summed E-state index contributed by atoms with van der Waals surface area (Å²) in [5.74, 6) is -1.38. The molecular weight excluding hydrogens is 368 g/mol. The minimum absolute atomic E-state index is 0.0165. The highest BCUT2D eigenvalue weighted by molar-refractivity contribution is 6.31. The monoisotopic (exact) mass is 392 g/mol. The molecule has 1 saturated heterocycles. The van der Waals surface area contributed by atoms with Crippen molar-refractivity contribution in [1.82, 2.24) is 4.90 Å². The molecule has 3 rings (SSSR count). The molecule has 1 saturated carbocycles. The molecule has 1 heterocycles. The van der Waals surface area contributed by atoms with Crippen LogP contribution in [0.5, 0.6) is 0 Å². The van der Waals surface area contributed by atoms with E-state index < -0.39 is 17.8 Å². The zero-order valence-corrected chi connectivity index (χ0v) is 16.3. The Kier molecular flexibility index (Phi) is 6.37. The van der Waals surface area contributed by atoms with Crippen molar-refractivity contribution in [3.8, 4) is 0 Å². The van der Waals surface area contributed by atoms with Gasteiger partial charge in [-0.1, -0.05) is 36.9 Å². The summed E-state index contributed by atoms with van der Waals surface area (Å²) in [6.45, 7) is 1.87. The number of hydrogen-bond donors (Lipinski definition) is 1. The highest BCUT2D eigenvalue weighted by atomic mass is 35.5. The first-order valence-corrected chi connectivity index (χ1v) is 9.84. The Morgan fingerprint density at radius 1 is 1.26 bits per heavy atom. The molecule has 27 heavy (non-hydrogen) atoms. The molecule has 6 nitrogen and oxygen atoms in total. The van der Waals surface area contributed by atoms with Gasteiger partial charge in [0.05, 0.1) is 5.92 Å². The molecule has 0 spiro atoms. The number of ether oxygens (including phenoxy) is 1. The Labute approximate surface area is 164 Å². The van der Waals surface area contributed by atoms with E-state index >= 15 is 0 Å². The Morgan fingerprint density at radius 2 is 2.00 bits per heavy atom. The van der Waals surface area contributed by atoms with E-state index in [1.165, 1.54) is 6.42 Å². The smallest absolute Gasteiger partial charge is 0.311 e. The Bertz CT molecular complexity index is 731. The number of nitrogens with zero attached hydrogens (tertiary/aromatic N) is 1. The number of nitrogens with one attached hydrogen (secondary N) is 1. The van der Waals surface area contributed by atoms with Crippen LogP contribution in [0.2, 0.25) is 5.02 Å². The Morgan fingerprint density at radius 3 is 2.74 bits per heavy atom. The van der Waals surface area contributed by atoms with E-state index in [0.717, 1.165) is 31.2 Å². The highest BCUT2D eigenvalue weighted by Crippen LogP contribution is 2.29. The van der Waals surface area contributed by atoms with Gasteiger partial charge in [-0.15, -0.1) is 0 Å². The molecule has 0 radical (unpaired) electrons. The van der Waals surface area contributed by atoms with E-state index in [4.69, 9.17) is 16.3 Å². The summed E-state index contributed by atoms with van der Waals surface area (Å²) < 4.78 is 5.15. The fourth-order valence-electron chi connectivity index (χ4n) is 3.80. The van der Waals surface area contributed by atoms with Crippen LogP contribution in [-0.4, -0.2) is 41.9 Å². The van der Waals surface area contributed by atoms with Gasteiger partial charge in [0.1, 0.15) is 0 Å². The zero-order chi connectivity index (χ0) is 19.4. The van der Waals surface area contributed by atoms with E-state index in [-0.39, 0.29) is 25.0 Å². The third-order valence-corrected chi connectivity index (χ3v) is 5.56. The summed E-state index contributed by atoms with van der Waals surface area (Å²) in [6.07, 6.45) is 5.67. The second kappa shape index (κ2) is 8.74. The van der Waals surface area contributed by atoms with Crippen LogP contribution >= 0.6 is 11.6 Å². The largest absolute Gasteiger partial charge is 0.455 e. The lowest BCUT2D eigenvalue weighted by molar-refractivity contribution is -0.151. The zero-order valence-electron chi connectivity index (χ0n) is 15.5. The van der Waals surface area contributed by atoms with Crippen molar-refractivity contribution >= 4 is 35.1 Å². The van der Waals surface area contributed by atoms with Gasteiger partial charge in [0, 0.05) is 29.7 Å². The second-order valence-electron chi connectivity index (χ2n) is 7.35. The molecule has 1 aromatic carbocycles. The number of amides is 2. The molecule has 2 aliphatic rings. The predicted molar refractivity (Wildman–Crippen MR) is 102 cm³/mol. The van der Waals surface area contributed by atoms with Crippen LogP contribution in [0.1, 0.15) is 44.1 Å². The van der Waals surface area contributed by atoms with Crippen molar-refractivity contribution in [2.24, 2.45) is 5.92 Å². The maximum absolute atomic E-state index is 12.3. The number of halogens is 1. The predicted octanol–water partition coefficient (Wildman–Crippen LogP) is 3.31. The molecule has 1 aliphatic heterocycles. The summed E-state index contributed by atoms with van der Waals surface area (Å²) >= 11 is 5.93. The van der Waals surface area contributed by atoms with Crippen LogP contribution in [0.15, 0.2) is 18.2 Å². The SMILES string of the molecule is Cc1ccc(Cl)cc1NC(=O)COC(=O)[C@@H]1CC(=O)N(C2CCCCC2)C1. The Balaban J connectivity index is 1.48. The first-order chi connectivity index (χ1) is 12.9. The number of carbonyl (C=O) groups excluding carboxylic acids is 3. The minimum Gasteiger partial charge on any atom is -0.455 e. The van der Waals surface area contributed by atoms with Crippen LogP contribution < -0.4 is 5.32 Å². The third-order valence-electron chi connectivity index (χ3n) is 5.33. The first-order valence-electron chi connectivity index (χ1n) is 9.46. The topological polar surface area (TPSA) is 75.7 Å². The fourth-order valence-corrected chi connectivity index (χ4v) is 3.98. The Hall–Kier alpha value is -2.08. The van der Waals surface area contributed by atoms with Crippen LogP contribution in [0.3, 0.4) is 0 Å². The first kappa shape index (κ1) is 19.7. The molecule has 0 unspecified atom stereocenters. The quantitative estimate of drug-likeness (QED) is 0.780. The average molecular weight is 393 g/mol. The van der Waals surface area contributed by atoms with Crippen LogP contribution in [0, 0.1) is 12.8 Å². The minimum atomic E-state index is -0.486. The van der Waals surface area contributed by atoms with Gasteiger partial charge in [-0.3, -0.25) is 14.4 Å². The second-order valence-corrected chi connectivity index (χ2v) is 7.79. The lowest BCUT2D eigenvalue weighted by Gasteiger charge is -2.31. The molecule has 2 fully saturated rings. The van der Waals surface area contributed by atoms with Crippen LogP contribution in [0.4, 0.5) is 5.69 Å². The van der Waals surface area contributed by atoms with E-state index in [2.05, 4.69) is 5.32 Å². The maximum atomic E-state index is 12.3. The summed E-state index contributed by atoms with van der Waals surface area (Å²) in [6, 6.07) is 5.43. The molecular formula is C20H25ClN2O4. The number of anilines is 1. The van der Waals surface area contributed by atoms with Gasteiger partial charge >= 0.3 is 5.97 Å². The normalized spacial score (nSPS) is 20.6. The number of likely N-dealkylation sites (tertiary alicyclic amines) is 1. The van der Waals surface area contributed by atoms with Crippen molar-refractivity contribution in [3.05, 3.63) is 28.8 Å². The van der Waals surface area contributed by atoms with Crippen LogP contribution in [-0.2, 0) is 19.1 Å². The number of rotatable bonds is 5. The molecule has 1 aromatic rings. The third kappa shape index (κ3) is 5.01. The molecule has 0 aromatic heterocycles. The molecule has 146 valence electrons. The van der Waals surface area contributed by atoms with Crippen LogP contribution in [0.25, 0.3) is 0 Å². The van der Waals surface area contributed by atoms with Gasteiger partial charge in [-0.05, 0) is 37.5 Å². The summed E-state index contributed by atoms with van der Waals surface area (Å²) in [7, 11) is 0. The van der Waals surface area contributed by atoms with Crippen molar-refractivity contribution in [1.29, 1.82) is 0 Å². The lowest BCUT2D eigenvalue weighted by atomic mass is 9.94. The van der Waals surface area contributed by atoms with Crippen molar-refractivity contribution < 1.29 is 19.1 Å². The lowest BCUT2D eigenvalue weighted by Crippen LogP contribution is -2.38. The summed E-state index contributed by atoms with van der Waals surface area (Å²) in [5, 5.41) is 3.20. The van der Waals surface area contributed by atoms with Gasteiger partial charge in [0.2, 0.25) is 5.91 Å². The average Bonchev–Trinajstić information content (AvgIpc) is 3.05. The van der Waals surface area contributed by atoms with E-state index in [1.54, 1.807) is 18.2 Å². The molecule has 1 atom stereocenters. The number of hydrogen-bond acceptors (Lipinski definition) is 4. The van der Waals surface area contributed by atoms with E-state index in [1.807, 2.05) is 11.8 Å². The van der Waals surface area contributed by atoms with Gasteiger partial charge < -0.3 is 15.0 Å². The fraction of sp³-hybridized carbons (Fsp3) is 0.550. The van der Waals surface area contributed by atoms with Gasteiger partial charge in [0.25, 0.3) is 5.91 Å². The number of aryl methyl sites for hydroxylation is 1. The molecule has 1 N–H and O–H groups in total. The molecule has 7 heteroatoms. The number of esters is 1. The standard InChI is InChI=1S/C20H25ClN2O4/c1-13-7-8-15(21)10-17(13)22-18(24)12-27-20(26)14-9-19(25)23(11-14)16-5-3-2-4-6-16/h7-8,10,14,16H,2-6,9,11-12H2,1H3,(H,22,24)/t14-/m1/s1. The number of benzene rings is 1. The summed E-state index contributed by atoms with van der Waals surface area (Å²) in [5.41, 5.74) is 1.45. The number of carbonyl (C=O) groups is 3.